The van der Waals surface area contributed by atoms with Crippen LogP contribution in [0.4, 0.5) is 4.39 Å². The van der Waals surface area contributed by atoms with E-state index in [9.17, 15) is 9.50 Å². The van der Waals surface area contributed by atoms with Gasteiger partial charge < -0.3 is 9.84 Å². The van der Waals surface area contributed by atoms with Gasteiger partial charge in [0.25, 0.3) is 0 Å². The molecular weight excluding hydrogens is 275 g/mol. The van der Waals surface area contributed by atoms with Crippen LogP contribution in [0.5, 0.6) is 0 Å². The van der Waals surface area contributed by atoms with Gasteiger partial charge in [-0.15, -0.1) is 0 Å². The molecule has 2 rings (SSSR count). The summed E-state index contributed by atoms with van der Waals surface area (Å²) < 4.78 is 18.6. The van der Waals surface area contributed by atoms with Gasteiger partial charge in [0.1, 0.15) is 11.9 Å². The largest absolute Gasteiger partial charge is 0.501 e. The third-order valence-electron chi connectivity index (χ3n) is 2.57. The Bertz CT molecular complexity index is 417. The van der Waals surface area contributed by atoms with E-state index in [2.05, 4.69) is 15.9 Å². The zero-order chi connectivity index (χ0) is 11.5. The lowest BCUT2D eigenvalue weighted by Gasteiger charge is -2.19. The van der Waals surface area contributed by atoms with E-state index in [0.29, 0.717) is 16.6 Å². The molecule has 0 aromatic heterocycles. The number of aliphatic hydroxyl groups excluding tert-OH is 1. The van der Waals surface area contributed by atoms with E-state index in [4.69, 9.17) is 4.74 Å². The van der Waals surface area contributed by atoms with E-state index >= 15 is 0 Å². The number of hydrogen-bond donors (Lipinski definition) is 1. The van der Waals surface area contributed by atoms with Crippen LogP contribution in [0.2, 0.25) is 0 Å². The van der Waals surface area contributed by atoms with Gasteiger partial charge in [0, 0.05) is 0 Å². The van der Waals surface area contributed by atoms with E-state index in [1.807, 2.05) is 0 Å². The molecule has 1 heterocycles. The standard InChI is InChI=1S/C12H12BrFO2/c13-10-6-8(3-4-11(10)14)12(15)9-2-1-5-16-7-9/h3-4,6-7,12,15H,1-2,5H2. The van der Waals surface area contributed by atoms with Gasteiger partial charge in [0.05, 0.1) is 17.3 Å². The van der Waals surface area contributed by atoms with Gasteiger partial charge in [-0.1, -0.05) is 6.07 Å². The van der Waals surface area contributed by atoms with E-state index in [1.165, 1.54) is 6.07 Å². The second kappa shape index (κ2) is 4.97. The van der Waals surface area contributed by atoms with Crippen LogP contribution in [0.3, 0.4) is 0 Å². The topological polar surface area (TPSA) is 29.5 Å². The molecule has 0 spiro atoms. The van der Waals surface area contributed by atoms with Crippen LogP contribution < -0.4 is 0 Å². The molecule has 0 aliphatic carbocycles. The quantitative estimate of drug-likeness (QED) is 0.904. The van der Waals surface area contributed by atoms with Gasteiger partial charge in [-0.25, -0.2) is 4.39 Å². The maximum absolute atomic E-state index is 13.0. The SMILES string of the molecule is OC(C1=COCCC1)c1ccc(F)c(Br)c1. The van der Waals surface area contributed by atoms with Crippen molar-refractivity contribution in [3.8, 4) is 0 Å². The predicted molar refractivity (Wildman–Crippen MR) is 62.3 cm³/mol. The lowest BCUT2D eigenvalue weighted by molar-refractivity contribution is 0.170. The summed E-state index contributed by atoms with van der Waals surface area (Å²) in [7, 11) is 0. The Morgan fingerprint density at radius 1 is 1.44 bits per heavy atom. The molecule has 0 amide bonds. The fraction of sp³-hybridized carbons (Fsp3) is 0.333. The Hall–Kier alpha value is -0.870. The van der Waals surface area contributed by atoms with Gasteiger partial charge in [-0.2, -0.15) is 0 Å². The third kappa shape index (κ3) is 2.44. The Morgan fingerprint density at radius 3 is 2.88 bits per heavy atom. The van der Waals surface area contributed by atoms with Crippen LogP contribution in [-0.2, 0) is 4.74 Å². The fourth-order valence-corrected chi connectivity index (χ4v) is 2.08. The summed E-state index contributed by atoms with van der Waals surface area (Å²) in [5.74, 6) is -0.329. The van der Waals surface area contributed by atoms with Gasteiger partial charge in [-0.3, -0.25) is 0 Å². The molecule has 4 heteroatoms. The van der Waals surface area contributed by atoms with Crippen molar-refractivity contribution >= 4 is 15.9 Å². The van der Waals surface area contributed by atoms with Crippen molar-refractivity contribution in [3.05, 3.63) is 45.9 Å². The molecule has 0 fully saturated rings. The lowest BCUT2D eigenvalue weighted by atomic mass is 9.98. The molecule has 1 aromatic carbocycles. The summed E-state index contributed by atoms with van der Waals surface area (Å²) in [5, 5.41) is 10.1. The summed E-state index contributed by atoms with van der Waals surface area (Å²) in [6.45, 7) is 0.698. The predicted octanol–water partition coefficient (Wildman–Crippen LogP) is 3.32. The number of hydrogen-bond acceptors (Lipinski definition) is 2. The molecule has 0 bridgehead atoms. The van der Waals surface area contributed by atoms with Crippen LogP contribution in [0, 0.1) is 5.82 Å². The van der Waals surface area contributed by atoms with Gasteiger partial charge in [0.15, 0.2) is 0 Å². The first-order valence-corrected chi connectivity index (χ1v) is 5.91. The van der Waals surface area contributed by atoms with Crippen molar-refractivity contribution < 1.29 is 14.2 Å². The van der Waals surface area contributed by atoms with Gasteiger partial charge in [0.2, 0.25) is 0 Å². The molecule has 1 unspecified atom stereocenters. The molecule has 1 aliphatic rings. The zero-order valence-electron chi connectivity index (χ0n) is 8.62. The Balaban J connectivity index is 2.22. The smallest absolute Gasteiger partial charge is 0.137 e. The highest BCUT2D eigenvalue weighted by Gasteiger charge is 2.17. The highest BCUT2D eigenvalue weighted by atomic mass is 79.9. The van der Waals surface area contributed by atoms with Gasteiger partial charge >= 0.3 is 0 Å². The van der Waals surface area contributed by atoms with E-state index in [0.717, 1.165) is 18.4 Å². The first kappa shape index (κ1) is 11.6. The molecule has 0 saturated heterocycles. The minimum absolute atomic E-state index is 0.329. The van der Waals surface area contributed by atoms with Crippen molar-refractivity contribution in [2.24, 2.45) is 0 Å². The van der Waals surface area contributed by atoms with Crippen LogP contribution in [0.25, 0.3) is 0 Å². The van der Waals surface area contributed by atoms with Crippen LogP contribution >= 0.6 is 15.9 Å². The summed E-state index contributed by atoms with van der Waals surface area (Å²) >= 11 is 3.10. The van der Waals surface area contributed by atoms with Crippen molar-refractivity contribution in [1.82, 2.24) is 0 Å². The van der Waals surface area contributed by atoms with Crippen LogP contribution in [-0.4, -0.2) is 11.7 Å². The third-order valence-corrected chi connectivity index (χ3v) is 3.18. The Labute approximate surface area is 102 Å². The van der Waals surface area contributed by atoms with Crippen LogP contribution in [0.1, 0.15) is 24.5 Å². The summed E-state index contributed by atoms with van der Waals surface area (Å²) in [4.78, 5) is 0. The number of halogens is 2. The molecule has 0 radical (unpaired) electrons. The molecule has 2 nitrogen and oxygen atoms in total. The maximum atomic E-state index is 13.0. The van der Waals surface area contributed by atoms with Crippen molar-refractivity contribution in [1.29, 1.82) is 0 Å². The monoisotopic (exact) mass is 286 g/mol. The normalized spacial score (nSPS) is 17.6. The summed E-state index contributed by atoms with van der Waals surface area (Å²) in [6.07, 6.45) is 2.62. The lowest BCUT2D eigenvalue weighted by Crippen LogP contribution is -2.08. The first-order valence-electron chi connectivity index (χ1n) is 5.12. The number of ether oxygens (including phenoxy) is 1. The molecule has 1 atom stereocenters. The highest BCUT2D eigenvalue weighted by Crippen LogP contribution is 2.29. The second-order valence-corrected chi connectivity index (χ2v) is 4.60. The molecule has 1 aliphatic heterocycles. The highest BCUT2D eigenvalue weighted by molar-refractivity contribution is 9.10. The van der Waals surface area contributed by atoms with Crippen LogP contribution in [0.15, 0.2) is 34.5 Å². The molecular formula is C12H12BrFO2. The number of benzene rings is 1. The average Bonchev–Trinajstić information content (AvgIpc) is 2.33. The molecule has 86 valence electrons. The summed E-state index contributed by atoms with van der Waals surface area (Å²) in [6, 6.07) is 4.52. The van der Waals surface area contributed by atoms with E-state index in [1.54, 1.807) is 18.4 Å². The molecule has 0 saturated carbocycles. The number of aliphatic hydroxyl groups is 1. The molecule has 1 N–H and O–H groups in total. The van der Waals surface area contributed by atoms with Gasteiger partial charge in [-0.05, 0) is 52.0 Å². The zero-order valence-corrected chi connectivity index (χ0v) is 10.2. The van der Waals surface area contributed by atoms with Crippen molar-refractivity contribution in [2.75, 3.05) is 6.61 Å². The Morgan fingerprint density at radius 2 is 2.25 bits per heavy atom. The molecule has 1 aromatic rings. The average molecular weight is 287 g/mol. The maximum Gasteiger partial charge on any atom is 0.137 e. The van der Waals surface area contributed by atoms with Crippen molar-refractivity contribution in [2.45, 2.75) is 18.9 Å². The summed E-state index contributed by atoms with van der Waals surface area (Å²) in [5.41, 5.74) is 1.51. The molecule has 16 heavy (non-hydrogen) atoms. The second-order valence-electron chi connectivity index (χ2n) is 3.74. The first-order chi connectivity index (χ1) is 7.68. The van der Waals surface area contributed by atoms with E-state index < -0.39 is 6.10 Å². The fourth-order valence-electron chi connectivity index (χ4n) is 1.68. The minimum Gasteiger partial charge on any atom is -0.501 e. The Kier molecular flexibility index (Phi) is 3.61. The minimum atomic E-state index is -0.711. The van der Waals surface area contributed by atoms with Crippen molar-refractivity contribution in [3.63, 3.8) is 0 Å². The number of rotatable bonds is 2. The van der Waals surface area contributed by atoms with E-state index in [-0.39, 0.29) is 5.82 Å².